The van der Waals surface area contributed by atoms with Crippen LogP contribution in [0, 0.1) is 0 Å². The second kappa shape index (κ2) is 9.34. The van der Waals surface area contributed by atoms with E-state index in [0.717, 1.165) is 5.69 Å². The second-order valence-corrected chi connectivity index (χ2v) is 7.09. The van der Waals surface area contributed by atoms with Crippen molar-refractivity contribution in [1.29, 1.82) is 0 Å². The lowest BCUT2D eigenvalue weighted by Gasteiger charge is -2.36. The number of nitrogens with one attached hydrogen (secondary N) is 1. The minimum Gasteiger partial charge on any atom is -0.493 e. The molecule has 1 saturated heterocycles. The third-order valence-corrected chi connectivity index (χ3v) is 4.78. The molecule has 0 spiro atoms. The monoisotopic (exact) mass is 443 g/mol. The normalized spacial score (nSPS) is 14.4. The Bertz CT molecular complexity index is 887. The Morgan fingerprint density at radius 2 is 1.83 bits per heavy atom. The number of urea groups is 1. The van der Waals surface area contributed by atoms with Crippen molar-refractivity contribution in [1.82, 2.24) is 4.90 Å². The number of rotatable bonds is 5. The molecule has 0 aromatic heterocycles. The Morgan fingerprint density at radius 3 is 2.47 bits per heavy atom. The molecule has 10 heteroatoms. The highest BCUT2D eigenvalue weighted by Crippen LogP contribution is 2.32. The topological polar surface area (TPSA) is 54.0 Å². The maximum Gasteiger partial charge on any atom is 0.422 e. The lowest BCUT2D eigenvalue weighted by Crippen LogP contribution is -2.50. The predicted molar refractivity (Wildman–Crippen MR) is 109 cm³/mol. The molecule has 2 aromatic rings. The van der Waals surface area contributed by atoms with Crippen molar-refractivity contribution in [2.75, 3.05) is 50.1 Å². The van der Waals surface area contributed by atoms with Crippen molar-refractivity contribution in [2.24, 2.45) is 0 Å². The van der Waals surface area contributed by atoms with Gasteiger partial charge in [-0.25, -0.2) is 4.79 Å². The molecule has 0 saturated carbocycles. The summed E-state index contributed by atoms with van der Waals surface area (Å²) < 4.78 is 47.2. The Balaban J connectivity index is 1.59. The van der Waals surface area contributed by atoms with E-state index in [2.05, 4.69) is 10.2 Å². The van der Waals surface area contributed by atoms with Crippen LogP contribution in [0.3, 0.4) is 0 Å². The van der Waals surface area contributed by atoms with Crippen molar-refractivity contribution in [3.63, 3.8) is 0 Å². The van der Waals surface area contributed by atoms with Crippen LogP contribution < -0.4 is 19.7 Å². The van der Waals surface area contributed by atoms with Crippen LogP contribution in [0.25, 0.3) is 0 Å². The first-order chi connectivity index (χ1) is 14.2. The molecule has 0 radical (unpaired) electrons. The van der Waals surface area contributed by atoms with Gasteiger partial charge in [-0.3, -0.25) is 0 Å². The van der Waals surface area contributed by atoms with E-state index in [4.69, 9.17) is 21.1 Å². The number of halogens is 4. The molecule has 0 aliphatic carbocycles. The highest BCUT2D eigenvalue weighted by molar-refractivity contribution is 6.30. The van der Waals surface area contributed by atoms with E-state index in [0.29, 0.717) is 36.9 Å². The summed E-state index contributed by atoms with van der Waals surface area (Å²) in [4.78, 5) is 16.3. The molecular formula is C20H21ClF3N3O3. The van der Waals surface area contributed by atoms with Crippen LogP contribution in [0.5, 0.6) is 11.5 Å². The Kier molecular flexibility index (Phi) is 6.81. The SMILES string of the molecule is COc1ccc(NC(=O)N2CCN(c3cccc(Cl)c3)CC2)cc1OCC(F)(F)F. The van der Waals surface area contributed by atoms with Crippen molar-refractivity contribution in [3.05, 3.63) is 47.5 Å². The molecule has 6 nitrogen and oxygen atoms in total. The van der Waals surface area contributed by atoms with Gasteiger partial charge >= 0.3 is 12.2 Å². The molecule has 162 valence electrons. The number of benzene rings is 2. The van der Waals surface area contributed by atoms with Gasteiger partial charge in [0.2, 0.25) is 0 Å². The van der Waals surface area contributed by atoms with Crippen molar-refractivity contribution in [2.45, 2.75) is 6.18 Å². The molecule has 2 aromatic carbocycles. The van der Waals surface area contributed by atoms with Crippen molar-refractivity contribution < 1.29 is 27.4 Å². The van der Waals surface area contributed by atoms with Crippen LogP contribution in [0.15, 0.2) is 42.5 Å². The smallest absolute Gasteiger partial charge is 0.422 e. The summed E-state index contributed by atoms with van der Waals surface area (Å²) in [6.07, 6.45) is -4.48. The van der Waals surface area contributed by atoms with Crippen LogP contribution in [-0.2, 0) is 0 Å². The number of ether oxygens (including phenoxy) is 2. The van der Waals surface area contributed by atoms with E-state index in [-0.39, 0.29) is 17.5 Å². The van der Waals surface area contributed by atoms with Crippen molar-refractivity contribution >= 4 is 29.0 Å². The van der Waals surface area contributed by atoms with E-state index in [9.17, 15) is 18.0 Å². The molecule has 1 heterocycles. The van der Waals surface area contributed by atoms with Crippen LogP contribution in [-0.4, -0.2) is 57.0 Å². The number of methoxy groups -OCH3 is 1. The average molecular weight is 444 g/mol. The zero-order valence-electron chi connectivity index (χ0n) is 16.2. The van der Waals surface area contributed by atoms with Gasteiger partial charge in [0, 0.05) is 48.6 Å². The number of anilines is 2. The van der Waals surface area contributed by atoms with Gasteiger partial charge in [0.1, 0.15) is 0 Å². The number of alkyl halides is 3. The maximum absolute atomic E-state index is 12.6. The van der Waals surface area contributed by atoms with E-state index >= 15 is 0 Å². The molecule has 1 aliphatic heterocycles. The van der Waals surface area contributed by atoms with E-state index < -0.39 is 12.8 Å². The van der Waals surface area contributed by atoms with Gasteiger partial charge in [-0.2, -0.15) is 13.2 Å². The summed E-state index contributed by atoms with van der Waals surface area (Å²) in [7, 11) is 1.33. The zero-order valence-corrected chi connectivity index (χ0v) is 17.0. The number of hydrogen-bond acceptors (Lipinski definition) is 4. The highest BCUT2D eigenvalue weighted by atomic mass is 35.5. The summed E-state index contributed by atoms with van der Waals surface area (Å²) in [5, 5.41) is 3.34. The van der Waals surface area contributed by atoms with Crippen LogP contribution in [0.1, 0.15) is 0 Å². The fourth-order valence-electron chi connectivity index (χ4n) is 3.07. The van der Waals surface area contributed by atoms with Gasteiger partial charge in [-0.05, 0) is 30.3 Å². The molecule has 0 bridgehead atoms. The summed E-state index contributed by atoms with van der Waals surface area (Å²) in [5.74, 6) is 0.0470. The molecule has 1 aliphatic rings. The zero-order chi connectivity index (χ0) is 21.7. The molecule has 0 atom stereocenters. The molecule has 3 rings (SSSR count). The van der Waals surface area contributed by atoms with Crippen LogP contribution >= 0.6 is 11.6 Å². The van der Waals surface area contributed by atoms with E-state index in [1.54, 1.807) is 17.0 Å². The van der Waals surface area contributed by atoms with E-state index in [1.165, 1.54) is 19.2 Å². The number of carbonyl (C=O) groups is 1. The lowest BCUT2D eigenvalue weighted by atomic mass is 10.2. The van der Waals surface area contributed by atoms with Crippen LogP contribution in [0.4, 0.5) is 29.3 Å². The van der Waals surface area contributed by atoms with E-state index in [1.807, 2.05) is 18.2 Å². The minimum atomic E-state index is -4.48. The van der Waals surface area contributed by atoms with Gasteiger partial charge in [0.05, 0.1) is 7.11 Å². The standard InChI is InChI=1S/C20H21ClF3N3O3/c1-29-17-6-5-15(12-18(17)30-13-20(22,23)24)25-19(28)27-9-7-26(8-10-27)16-4-2-3-14(21)11-16/h2-6,11-12H,7-10,13H2,1H3,(H,25,28). The molecule has 2 amide bonds. The largest absolute Gasteiger partial charge is 0.493 e. The number of amides is 2. The lowest BCUT2D eigenvalue weighted by molar-refractivity contribution is -0.153. The summed E-state index contributed by atoms with van der Waals surface area (Å²) in [6.45, 7) is 0.802. The van der Waals surface area contributed by atoms with Gasteiger partial charge in [0.15, 0.2) is 18.1 Å². The molecule has 1 fully saturated rings. The summed E-state index contributed by atoms with van der Waals surface area (Å²) >= 11 is 6.03. The maximum atomic E-state index is 12.6. The molecule has 1 N–H and O–H groups in total. The van der Waals surface area contributed by atoms with Gasteiger partial charge in [-0.15, -0.1) is 0 Å². The first kappa shape index (κ1) is 21.9. The Hall–Kier alpha value is -2.81. The predicted octanol–water partition coefficient (Wildman–Crippen LogP) is 4.64. The molecule has 0 unspecified atom stereocenters. The van der Waals surface area contributed by atoms with Gasteiger partial charge in [-0.1, -0.05) is 17.7 Å². The Morgan fingerprint density at radius 1 is 1.10 bits per heavy atom. The number of hydrogen-bond donors (Lipinski definition) is 1. The number of piperazine rings is 1. The Labute approximate surface area is 177 Å². The van der Waals surface area contributed by atoms with Crippen LogP contribution in [0.2, 0.25) is 5.02 Å². The van der Waals surface area contributed by atoms with Gasteiger partial charge in [0.25, 0.3) is 0 Å². The van der Waals surface area contributed by atoms with Crippen molar-refractivity contribution in [3.8, 4) is 11.5 Å². The first-order valence-electron chi connectivity index (χ1n) is 9.19. The quantitative estimate of drug-likeness (QED) is 0.731. The summed E-state index contributed by atoms with van der Waals surface area (Å²) in [6, 6.07) is 11.5. The molecular weight excluding hydrogens is 423 g/mol. The number of nitrogens with zero attached hydrogens (tertiary/aromatic N) is 2. The summed E-state index contributed by atoms with van der Waals surface area (Å²) in [5.41, 5.74) is 1.31. The number of carbonyl (C=O) groups excluding carboxylic acids is 1. The second-order valence-electron chi connectivity index (χ2n) is 6.65. The third-order valence-electron chi connectivity index (χ3n) is 4.55. The average Bonchev–Trinajstić information content (AvgIpc) is 2.72. The highest BCUT2D eigenvalue weighted by Gasteiger charge is 2.29. The fraction of sp³-hybridized carbons (Fsp3) is 0.350. The fourth-order valence-corrected chi connectivity index (χ4v) is 3.25. The van der Waals surface area contributed by atoms with Gasteiger partial charge < -0.3 is 24.6 Å². The molecule has 30 heavy (non-hydrogen) atoms. The first-order valence-corrected chi connectivity index (χ1v) is 9.57. The third kappa shape index (κ3) is 5.85. The minimum absolute atomic E-state index is 0.0987.